The molecule has 2 aliphatic rings. The predicted octanol–water partition coefficient (Wildman–Crippen LogP) is -2.27. The molecule has 0 aliphatic carbocycles. The molecule has 2 fully saturated rings. The second-order valence-electron chi connectivity index (χ2n) is 7.30. The molecule has 0 unspecified atom stereocenters. The number of para-hydroxylation sites is 2. The Morgan fingerprint density at radius 2 is 1.37 bits per heavy atom. The van der Waals surface area contributed by atoms with Crippen molar-refractivity contribution in [3.63, 3.8) is 0 Å². The second kappa shape index (κ2) is 9.73. The molecule has 170 valence electrons. The van der Waals surface area contributed by atoms with Crippen molar-refractivity contribution in [3.05, 3.63) is 24.3 Å². The Balaban J connectivity index is 1.66. The summed E-state index contributed by atoms with van der Waals surface area (Å²) in [4.78, 5) is 0. The topological polar surface area (TPSA) is 168 Å². The third-order valence-electron chi connectivity index (χ3n) is 5.21. The summed E-state index contributed by atoms with van der Waals surface area (Å²) < 4.78 is 27.1. The summed E-state index contributed by atoms with van der Waals surface area (Å²) in [7, 11) is 1.44. The zero-order valence-corrected chi connectivity index (χ0v) is 16.5. The fourth-order valence-electron chi connectivity index (χ4n) is 3.33. The van der Waals surface area contributed by atoms with Gasteiger partial charge in [0.2, 0.25) is 6.29 Å². The van der Waals surface area contributed by atoms with Gasteiger partial charge in [-0.2, -0.15) is 0 Å². The first kappa shape index (κ1) is 23.1. The number of aliphatic hydroxyl groups is 6. The van der Waals surface area contributed by atoms with Crippen LogP contribution in [0.4, 0.5) is 0 Å². The van der Waals surface area contributed by atoms with Gasteiger partial charge in [0.25, 0.3) is 0 Å². The smallest absolute Gasteiger partial charge is 0.229 e. The fourth-order valence-corrected chi connectivity index (χ4v) is 3.33. The van der Waals surface area contributed by atoms with Crippen LogP contribution in [-0.2, 0) is 14.2 Å². The van der Waals surface area contributed by atoms with Crippen LogP contribution in [0, 0.1) is 0 Å². The summed E-state index contributed by atoms with van der Waals surface area (Å²) in [6, 6.07) is 6.62. The lowest BCUT2D eigenvalue weighted by Gasteiger charge is -2.42. The summed E-state index contributed by atoms with van der Waals surface area (Å²) in [5.74, 6) is 0.631. The molecule has 10 atom stereocenters. The van der Waals surface area contributed by atoms with Crippen molar-refractivity contribution in [1.82, 2.24) is 0 Å². The highest BCUT2D eigenvalue weighted by molar-refractivity contribution is 5.39. The zero-order valence-electron chi connectivity index (χ0n) is 16.5. The minimum atomic E-state index is -1.60. The summed E-state index contributed by atoms with van der Waals surface area (Å²) in [6.45, 7) is 1.13. The van der Waals surface area contributed by atoms with Crippen LogP contribution in [-0.4, -0.2) is 106 Å². The van der Waals surface area contributed by atoms with E-state index in [2.05, 4.69) is 0 Å². The Morgan fingerprint density at radius 3 is 2.03 bits per heavy atom. The summed E-state index contributed by atoms with van der Waals surface area (Å²) in [6.07, 6.45) is -13.6. The van der Waals surface area contributed by atoms with Crippen molar-refractivity contribution in [1.29, 1.82) is 0 Å². The van der Waals surface area contributed by atoms with Crippen molar-refractivity contribution >= 4 is 0 Å². The first-order valence-electron chi connectivity index (χ1n) is 9.55. The van der Waals surface area contributed by atoms with Crippen LogP contribution < -0.4 is 9.47 Å². The van der Waals surface area contributed by atoms with Gasteiger partial charge < -0.3 is 54.3 Å². The maximum Gasteiger partial charge on any atom is 0.229 e. The zero-order chi connectivity index (χ0) is 22.0. The van der Waals surface area contributed by atoms with E-state index in [4.69, 9.17) is 23.7 Å². The predicted molar refractivity (Wildman–Crippen MR) is 98.6 cm³/mol. The monoisotopic (exact) mass is 432 g/mol. The molecule has 0 aromatic heterocycles. The third-order valence-corrected chi connectivity index (χ3v) is 5.21. The van der Waals surface area contributed by atoms with Gasteiger partial charge in [0, 0.05) is 0 Å². The molecule has 2 aliphatic heterocycles. The molecule has 0 bridgehead atoms. The van der Waals surface area contributed by atoms with Gasteiger partial charge in [0.15, 0.2) is 17.8 Å². The molecular formula is C19H28O11. The highest BCUT2D eigenvalue weighted by atomic mass is 16.7. The van der Waals surface area contributed by atoms with Gasteiger partial charge in [-0.3, -0.25) is 0 Å². The van der Waals surface area contributed by atoms with E-state index in [1.807, 2.05) is 0 Å². The molecule has 0 amide bonds. The summed E-state index contributed by atoms with van der Waals surface area (Å²) in [5, 5.41) is 60.3. The van der Waals surface area contributed by atoms with Crippen LogP contribution in [0.2, 0.25) is 0 Å². The van der Waals surface area contributed by atoms with Crippen LogP contribution in [0.5, 0.6) is 11.5 Å². The van der Waals surface area contributed by atoms with Crippen LogP contribution in [0.15, 0.2) is 24.3 Å². The van der Waals surface area contributed by atoms with E-state index in [0.29, 0.717) is 5.75 Å². The van der Waals surface area contributed by atoms with Crippen LogP contribution in [0.1, 0.15) is 6.92 Å². The Bertz CT molecular complexity index is 688. The van der Waals surface area contributed by atoms with Crippen molar-refractivity contribution < 1.29 is 54.3 Å². The Morgan fingerprint density at radius 1 is 0.767 bits per heavy atom. The van der Waals surface area contributed by atoms with Crippen molar-refractivity contribution in [2.45, 2.75) is 68.3 Å². The van der Waals surface area contributed by atoms with Crippen LogP contribution in [0.3, 0.4) is 0 Å². The molecule has 2 saturated heterocycles. The minimum Gasteiger partial charge on any atom is -0.493 e. The summed E-state index contributed by atoms with van der Waals surface area (Å²) >= 11 is 0. The van der Waals surface area contributed by atoms with E-state index < -0.39 is 61.4 Å². The number of hydrogen-bond donors (Lipinski definition) is 6. The fraction of sp³-hybridized carbons (Fsp3) is 0.684. The van der Waals surface area contributed by atoms with Gasteiger partial charge in [0.05, 0.1) is 19.8 Å². The molecule has 0 saturated carbocycles. The number of hydrogen-bond acceptors (Lipinski definition) is 11. The number of ether oxygens (including phenoxy) is 5. The van der Waals surface area contributed by atoms with Gasteiger partial charge >= 0.3 is 0 Å². The highest BCUT2D eigenvalue weighted by Gasteiger charge is 2.47. The van der Waals surface area contributed by atoms with Crippen LogP contribution >= 0.6 is 0 Å². The maximum atomic E-state index is 10.2. The van der Waals surface area contributed by atoms with Gasteiger partial charge in [-0.05, 0) is 19.1 Å². The van der Waals surface area contributed by atoms with Crippen molar-refractivity contribution in [2.24, 2.45) is 0 Å². The van der Waals surface area contributed by atoms with Crippen molar-refractivity contribution in [3.8, 4) is 11.5 Å². The number of benzene rings is 1. The molecule has 1 aromatic carbocycles. The Labute approximate surface area is 172 Å². The van der Waals surface area contributed by atoms with Gasteiger partial charge in [-0.25, -0.2) is 0 Å². The largest absolute Gasteiger partial charge is 0.493 e. The summed E-state index contributed by atoms with van der Waals surface area (Å²) in [5.41, 5.74) is 0. The van der Waals surface area contributed by atoms with E-state index in [9.17, 15) is 30.6 Å². The standard InChI is InChI=1S/C19H28O11/c1-8-12(20)14(22)16(24)18(28-8)27-7-11-13(21)15(23)17(25)19(30-11)29-10-6-4-3-5-9(10)26-2/h3-6,8,11-25H,7H2,1-2H3/t8-,11+,12-,13+,14+,15-,16+,17+,18+,19+/m0/s1. The second-order valence-corrected chi connectivity index (χ2v) is 7.30. The SMILES string of the molecule is COc1ccccc1O[C@@H]1O[C@H](CO[C@@H]2O[C@@H](C)[C@H](O)[C@@H](O)[C@H]2O)[C@@H](O)[C@H](O)[C@H]1O. The molecule has 0 spiro atoms. The average molecular weight is 432 g/mol. The molecule has 1 aromatic rings. The maximum absolute atomic E-state index is 10.2. The normalized spacial score (nSPS) is 42.0. The first-order chi connectivity index (χ1) is 14.2. The van der Waals surface area contributed by atoms with E-state index in [1.54, 1.807) is 24.3 Å². The third kappa shape index (κ3) is 4.69. The molecule has 2 heterocycles. The van der Waals surface area contributed by atoms with E-state index in [0.717, 1.165) is 0 Å². The number of rotatable bonds is 6. The number of aliphatic hydroxyl groups excluding tert-OH is 6. The molecule has 3 rings (SSSR count). The molecule has 11 nitrogen and oxygen atoms in total. The molecule has 30 heavy (non-hydrogen) atoms. The van der Waals surface area contributed by atoms with Gasteiger partial charge in [-0.15, -0.1) is 0 Å². The lowest BCUT2D eigenvalue weighted by molar-refractivity contribution is -0.318. The molecule has 0 radical (unpaired) electrons. The minimum absolute atomic E-state index is 0.254. The Hall–Kier alpha value is -1.54. The van der Waals surface area contributed by atoms with E-state index in [-0.39, 0.29) is 12.4 Å². The molecular weight excluding hydrogens is 404 g/mol. The van der Waals surface area contributed by atoms with E-state index >= 15 is 0 Å². The van der Waals surface area contributed by atoms with Gasteiger partial charge in [0.1, 0.15) is 42.7 Å². The van der Waals surface area contributed by atoms with Crippen LogP contribution in [0.25, 0.3) is 0 Å². The average Bonchev–Trinajstić information content (AvgIpc) is 2.75. The lowest BCUT2D eigenvalue weighted by atomic mass is 9.98. The first-order valence-corrected chi connectivity index (χ1v) is 9.55. The lowest BCUT2D eigenvalue weighted by Crippen LogP contribution is -2.61. The Kier molecular flexibility index (Phi) is 7.50. The molecule has 11 heteroatoms. The van der Waals surface area contributed by atoms with Gasteiger partial charge in [-0.1, -0.05) is 12.1 Å². The molecule has 6 N–H and O–H groups in total. The quantitative estimate of drug-likeness (QED) is 0.287. The highest BCUT2D eigenvalue weighted by Crippen LogP contribution is 2.31. The number of methoxy groups -OCH3 is 1. The van der Waals surface area contributed by atoms with Crippen molar-refractivity contribution in [2.75, 3.05) is 13.7 Å². The van der Waals surface area contributed by atoms with E-state index in [1.165, 1.54) is 14.0 Å².